The zero-order valence-electron chi connectivity index (χ0n) is 15.4. The number of hydrogen-bond acceptors (Lipinski definition) is 8. The van der Waals surface area contributed by atoms with Gasteiger partial charge in [0.25, 0.3) is 5.91 Å². The molecule has 0 spiro atoms. The summed E-state index contributed by atoms with van der Waals surface area (Å²) in [5.41, 5.74) is 19.2. The van der Waals surface area contributed by atoms with Gasteiger partial charge in [0.1, 0.15) is 15.8 Å². The Morgan fingerprint density at radius 2 is 2.04 bits per heavy atom. The van der Waals surface area contributed by atoms with Crippen molar-refractivity contribution in [2.75, 3.05) is 5.73 Å². The topological polar surface area (TPSA) is 154 Å². The van der Waals surface area contributed by atoms with Gasteiger partial charge < -0.3 is 22.3 Å². The van der Waals surface area contributed by atoms with Crippen LogP contribution in [0.5, 0.6) is 0 Å². The standard InChI is InChI=1S/C18H22N6O2S/c1-4-8-5-9(7-22-6-8)12-10-11(19)13(15(20)26)27-17(10)24-16(23-12)14(25)18(2,3)21/h5-7,14,25H,4,19,21H2,1-3H3,(H2,20,26). The van der Waals surface area contributed by atoms with E-state index in [0.29, 0.717) is 21.5 Å². The molecule has 0 saturated heterocycles. The first-order valence-corrected chi connectivity index (χ1v) is 9.26. The molecule has 142 valence electrons. The van der Waals surface area contributed by atoms with Gasteiger partial charge in [-0.15, -0.1) is 11.3 Å². The van der Waals surface area contributed by atoms with Crippen molar-refractivity contribution in [2.24, 2.45) is 11.5 Å². The van der Waals surface area contributed by atoms with Crippen LogP contribution in [-0.2, 0) is 6.42 Å². The van der Waals surface area contributed by atoms with Crippen molar-refractivity contribution in [1.82, 2.24) is 15.0 Å². The first kappa shape index (κ1) is 19.2. The second kappa shape index (κ2) is 6.84. The fraction of sp³-hybridized carbons (Fsp3) is 0.333. The predicted molar refractivity (Wildman–Crippen MR) is 106 cm³/mol. The van der Waals surface area contributed by atoms with Crippen molar-refractivity contribution < 1.29 is 9.90 Å². The zero-order chi connectivity index (χ0) is 19.9. The van der Waals surface area contributed by atoms with E-state index < -0.39 is 17.6 Å². The number of aromatic nitrogens is 3. The molecule has 0 aliphatic heterocycles. The number of pyridine rings is 1. The number of thiophene rings is 1. The molecule has 0 fully saturated rings. The van der Waals surface area contributed by atoms with E-state index >= 15 is 0 Å². The molecule has 27 heavy (non-hydrogen) atoms. The molecular formula is C18H22N6O2S. The monoisotopic (exact) mass is 386 g/mol. The van der Waals surface area contributed by atoms with Crippen LogP contribution >= 0.6 is 11.3 Å². The number of primary amides is 1. The number of hydrogen-bond donors (Lipinski definition) is 4. The Hall–Kier alpha value is -2.62. The number of aliphatic hydroxyl groups excluding tert-OH is 1. The van der Waals surface area contributed by atoms with E-state index in [2.05, 4.69) is 15.0 Å². The van der Waals surface area contributed by atoms with E-state index in [-0.39, 0.29) is 16.4 Å². The molecule has 1 atom stereocenters. The Morgan fingerprint density at radius 3 is 2.63 bits per heavy atom. The number of rotatable bonds is 5. The third-order valence-electron chi connectivity index (χ3n) is 4.26. The summed E-state index contributed by atoms with van der Waals surface area (Å²) >= 11 is 1.07. The molecule has 0 aromatic carbocycles. The molecule has 1 amide bonds. The number of anilines is 1. The van der Waals surface area contributed by atoms with E-state index in [1.807, 2.05) is 13.0 Å². The number of nitrogens with two attached hydrogens (primary N) is 3. The first-order chi connectivity index (χ1) is 12.6. The second-order valence-electron chi connectivity index (χ2n) is 6.98. The van der Waals surface area contributed by atoms with Crippen LogP contribution in [0.4, 0.5) is 5.69 Å². The molecule has 8 nitrogen and oxygen atoms in total. The largest absolute Gasteiger partial charge is 0.397 e. The summed E-state index contributed by atoms with van der Waals surface area (Å²) < 4.78 is 0. The highest BCUT2D eigenvalue weighted by molar-refractivity contribution is 7.21. The van der Waals surface area contributed by atoms with Crippen molar-refractivity contribution in [2.45, 2.75) is 38.8 Å². The van der Waals surface area contributed by atoms with E-state index in [1.54, 1.807) is 26.2 Å². The van der Waals surface area contributed by atoms with Gasteiger partial charge in [-0.1, -0.05) is 6.92 Å². The third-order valence-corrected chi connectivity index (χ3v) is 5.37. The molecule has 0 radical (unpaired) electrons. The number of carbonyl (C=O) groups excluding carboxylic acids is 1. The van der Waals surface area contributed by atoms with Crippen LogP contribution in [0.1, 0.15) is 47.9 Å². The molecule has 0 aliphatic rings. The van der Waals surface area contributed by atoms with Crippen molar-refractivity contribution in [3.63, 3.8) is 0 Å². The molecule has 0 aliphatic carbocycles. The minimum atomic E-state index is -1.11. The lowest BCUT2D eigenvalue weighted by molar-refractivity contribution is 0.0964. The van der Waals surface area contributed by atoms with Crippen LogP contribution in [0.15, 0.2) is 18.5 Å². The predicted octanol–water partition coefficient (Wildman–Crippen LogP) is 1.77. The molecule has 7 N–H and O–H groups in total. The molecule has 3 heterocycles. The lowest BCUT2D eigenvalue weighted by Gasteiger charge is -2.24. The van der Waals surface area contributed by atoms with Crippen LogP contribution in [0.2, 0.25) is 0 Å². The number of fused-ring (bicyclic) bond motifs is 1. The first-order valence-electron chi connectivity index (χ1n) is 8.44. The SMILES string of the molecule is CCc1cncc(-c2nc(C(O)C(C)(C)N)nc3sc(C(N)=O)c(N)c23)c1. The Kier molecular flexibility index (Phi) is 4.85. The fourth-order valence-corrected chi connectivity index (χ4v) is 3.65. The molecule has 0 bridgehead atoms. The van der Waals surface area contributed by atoms with Gasteiger partial charge in [-0.3, -0.25) is 9.78 Å². The van der Waals surface area contributed by atoms with Gasteiger partial charge in [0.15, 0.2) is 5.82 Å². The summed E-state index contributed by atoms with van der Waals surface area (Å²) in [5, 5.41) is 11.1. The minimum absolute atomic E-state index is 0.157. The van der Waals surface area contributed by atoms with Gasteiger partial charge in [-0.2, -0.15) is 0 Å². The molecule has 9 heteroatoms. The number of nitrogen functional groups attached to an aromatic ring is 1. The molecule has 3 aromatic rings. The Balaban J connectivity index is 2.35. The van der Waals surface area contributed by atoms with E-state index in [9.17, 15) is 9.90 Å². The fourth-order valence-electron chi connectivity index (χ4n) is 2.70. The van der Waals surface area contributed by atoms with Crippen molar-refractivity contribution in [1.29, 1.82) is 0 Å². The van der Waals surface area contributed by atoms with Gasteiger partial charge in [0, 0.05) is 23.5 Å². The Bertz CT molecular complexity index is 1020. The zero-order valence-corrected chi connectivity index (χ0v) is 16.2. The van der Waals surface area contributed by atoms with Gasteiger partial charge in [0.05, 0.1) is 16.8 Å². The van der Waals surface area contributed by atoms with Gasteiger partial charge in [-0.05, 0) is 31.9 Å². The molecule has 0 saturated carbocycles. The lowest BCUT2D eigenvalue weighted by Crippen LogP contribution is -2.40. The third kappa shape index (κ3) is 3.48. The smallest absolute Gasteiger partial charge is 0.260 e. The van der Waals surface area contributed by atoms with Crippen LogP contribution in [0, 0.1) is 0 Å². The number of aryl methyl sites for hydroxylation is 1. The maximum Gasteiger partial charge on any atom is 0.260 e. The van der Waals surface area contributed by atoms with Gasteiger partial charge in [0.2, 0.25) is 0 Å². The summed E-state index contributed by atoms with van der Waals surface area (Å²) in [6, 6.07) is 1.94. The summed E-state index contributed by atoms with van der Waals surface area (Å²) in [6.07, 6.45) is 3.12. The molecule has 3 aromatic heterocycles. The molecule has 3 rings (SSSR count). The van der Waals surface area contributed by atoms with Crippen LogP contribution in [-0.4, -0.2) is 31.5 Å². The van der Waals surface area contributed by atoms with Gasteiger partial charge >= 0.3 is 0 Å². The second-order valence-corrected chi connectivity index (χ2v) is 7.98. The number of amides is 1. The van der Waals surface area contributed by atoms with E-state index in [0.717, 1.165) is 23.3 Å². The number of nitrogens with zero attached hydrogens (tertiary/aromatic N) is 3. The average molecular weight is 386 g/mol. The number of carbonyl (C=O) groups is 1. The van der Waals surface area contributed by atoms with Crippen LogP contribution < -0.4 is 17.2 Å². The van der Waals surface area contributed by atoms with Crippen molar-refractivity contribution >= 4 is 33.1 Å². The molecule has 1 unspecified atom stereocenters. The normalized spacial score (nSPS) is 13.1. The average Bonchev–Trinajstić information content (AvgIpc) is 2.96. The van der Waals surface area contributed by atoms with E-state index in [4.69, 9.17) is 17.2 Å². The lowest BCUT2D eigenvalue weighted by atomic mass is 9.98. The quantitative estimate of drug-likeness (QED) is 0.521. The maximum atomic E-state index is 11.7. The van der Waals surface area contributed by atoms with Crippen LogP contribution in [0.3, 0.4) is 0 Å². The maximum absolute atomic E-state index is 11.7. The van der Waals surface area contributed by atoms with E-state index in [1.165, 1.54) is 0 Å². The Labute approximate surface area is 160 Å². The van der Waals surface area contributed by atoms with Crippen molar-refractivity contribution in [3.8, 4) is 11.3 Å². The van der Waals surface area contributed by atoms with Crippen LogP contribution in [0.25, 0.3) is 21.5 Å². The highest BCUT2D eigenvalue weighted by atomic mass is 32.1. The Morgan fingerprint density at radius 1 is 1.33 bits per heavy atom. The highest BCUT2D eigenvalue weighted by Gasteiger charge is 2.29. The summed E-state index contributed by atoms with van der Waals surface area (Å²) in [6.45, 7) is 5.39. The summed E-state index contributed by atoms with van der Waals surface area (Å²) in [7, 11) is 0. The summed E-state index contributed by atoms with van der Waals surface area (Å²) in [4.78, 5) is 25.6. The van der Waals surface area contributed by atoms with Crippen molar-refractivity contribution in [3.05, 3.63) is 34.7 Å². The number of aliphatic hydroxyl groups is 1. The highest BCUT2D eigenvalue weighted by Crippen LogP contribution is 2.39. The van der Waals surface area contributed by atoms with Gasteiger partial charge in [-0.25, -0.2) is 9.97 Å². The molecular weight excluding hydrogens is 364 g/mol. The summed E-state index contributed by atoms with van der Waals surface area (Å²) in [5.74, 6) is -0.479. The minimum Gasteiger partial charge on any atom is -0.397 e.